The van der Waals surface area contributed by atoms with Gasteiger partial charge in [-0.1, -0.05) is 6.07 Å². The zero-order chi connectivity index (χ0) is 16.6. The van der Waals surface area contributed by atoms with Crippen LogP contribution in [0.4, 0.5) is 0 Å². The first-order chi connectivity index (χ1) is 11.8. The second kappa shape index (κ2) is 10.6. The van der Waals surface area contributed by atoms with Crippen LogP contribution < -0.4 is 15.4 Å². The van der Waals surface area contributed by atoms with E-state index < -0.39 is 0 Å². The van der Waals surface area contributed by atoms with E-state index in [1.807, 2.05) is 24.3 Å². The lowest BCUT2D eigenvalue weighted by Crippen LogP contribution is -2.44. The molecule has 1 amide bonds. The topological polar surface area (TPSA) is 53.6 Å². The minimum absolute atomic E-state index is 0. The van der Waals surface area contributed by atoms with Crippen LogP contribution in [0.2, 0.25) is 0 Å². The molecule has 0 aromatic heterocycles. The molecule has 1 aromatic rings. The molecule has 2 fully saturated rings. The highest BCUT2D eigenvalue weighted by molar-refractivity contribution is 5.94. The summed E-state index contributed by atoms with van der Waals surface area (Å²) in [6.07, 6.45) is 6.06. The maximum atomic E-state index is 12.3. The number of halogens is 1. The summed E-state index contributed by atoms with van der Waals surface area (Å²) in [5, 5.41) is 6.38. The van der Waals surface area contributed by atoms with E-state index in [0.717, 1.165) is 64.3 Å². The highest BCUT2D eigenvalue weighted by Crippen LogP contribution is 2.24. The van der Waals surface area contributed by atoms with Gasteiger partial charge in [-0.3, -0.25) is 4.79 Å². The Morgan fingerprint density at radius 3 is 2.76 bits per heavy atom. The Morgan fingerprint density at radius 1 is 1.24 bits per heavy atom. The van der Waals surface area contributed by atoms with Crippen molar-refractivity contribution in [3.63, 3.8) is 0 Å². The molecule has 3 rings (SSSR count). The van der Waals surface area contributed by atoms with Crippen LogP contribution in [0, 0.1) is 0 Å². The summed E-state index contributed by atoms with van der Waals surface area (Å²) in [5.41, 5.74) is 0.688. The van der Waals surface area contributed by atoms with Crippen LogP contribution in [-0.4, -0.2) is 56.2 Å². The predicted molar refractivity (Wildman–Crippen MR) is 103 cm³/mol. The Bertz CT molecular complexity index is 529. The Hall–Kier alpha value is -1.30. The summed E-state index contributed by atoms with van der Waals surface area (Å²) in [4.78, 5) is 14.7. The molecule has 0 bridgehead atoms. The summed E-state index contributed by atoms with van der Waals surface area (Å²) in [6.45, 7) is 6.12. The fourth-order valence-corrected chi connectivity index (χ4v) is 3.45. The fraction of sp³-hybridized carbons (Fsp3) is 0.632. The van der Waals surface area contributed by atoms with Crippen LogP contribution in [0.15, 0.2) is 24.3 Å². The average molecular weight is 368 g/mol. The average Bonchev–Trinajstić information content (AvgIpc) is 3.13. The van der Waals surface area contributed by atoms with E-state index in [4.69, 9.17) is 4.74 Å². The van der Waals surface area contributed by atoms with E-state index in [2.05, 4.69) is 15.5 Å². The fourth-order valence-electron chi connectivity index (χ4n) is 3.45. The molecular weight excluding hydrogens is 338 g/mol. The molecule has 0 atom stereocenters. The molecule has 1 aliphatic carbocycles. The normalized spacial score (nSPS) is 18.6. The first-order valence-electron chi connectivity index (χ1n) is 9.29. The van der Waals surface area contributed by atoms with E-state index in [0.29, 0.717) is 11.7 Å². The smallest absolute Gasteiger partial charge is 0.251 e. The third kappa shape index (κ3) is 6.49. The molecule has 1 aromatic carbocycles. The molecule has 5 nitrogen and oxygen atoms in total. The van der Waals surface area contributed by atoms with Gasteiger partial charge in [0, 0.05) is 38.3 Å². The van der Waals surface area contributed by atoms with Gasteiger partial charge in [0.05, 0.1) is 6.10 Å². The number of carbonyl (C=O) groups excluding carboxylic acids is 1. The lowest BCUT2D eigenvalue weighted by atomic mass is 10.2. The number of carbonyl (C=O) groups is 1. The van der Waals surface area contributed by atoms with Gasteiger partial charge in [-0.2, -0.15) is 0 Å². The minimum Gasteiger partial charge on any atom is -0.490 e. The lowest BCUT2D eigenvalue weighted by molar-refractivity contribution is 0.0950. The molecule has 2 aliphatic rings. The monoisotopic (exact) mass is 367 g/mol. The number of ether oxygens (including phenoxy) is 1. The number of hydrogen-bond acceptors (Lipinski definition) is 4. The molecule has 1 saturated heterocycles. The van der Waals surface area contributed by atoms with Crippen LogP contribution in [0.25, 0.3) is 0 Å². The molecule has 0 spiro atoms. The molecule has 6 heteroatoms. The summed E-state index contributed by atoms with van der Waals surface area (Å²) >= 11 is 0. The Labute approximate surface area is 156 Å². The van der Waals surface area contributed by atoms with Gasteiger partial charge >= 0.3 is 0 Å². The first-order valence-corrected chi connectivity index (χ1v) is 9.29. The highest BCUT2D eigenvalue weighted by Gasteiger charge is 2.17. The maximum Gasteiger partial charge on any atom is 0.251 e. The number of rotatable bonds is 7. The van der Waals surface area contributed by atoms with Crippen LogP contribution in [-0.2, 0) is 0 Å². The Morgan fingerprint density at radius 2 is 2.00 bits per heavy atom. The summed E-state index contributed by atoms with van der Waals surface area (Å²) in [7, 11) is 0. The van der Waals surface area contributed by atoms with Crippen molar-refractivity contribution in [3.05, 3.63) is 29.8 Å². The summed E-state index contributed by atoms with van der Waals surface area (Å²) in [5.74, 6) is 0.808. The summed E-state index contributed by atoms with van der Waals surface area (Å²) in [6, 6.07) is 7.57. The molecular formula is C19H30ClN3O2. The number of amides is 1. The number of nitrogens with zero attached hydrogens (tertiary/aromatic N) is 1. The van der Waals surface area contributed by atoms with Crippen LogP contribution in [0.5, 0.6) is 5.75 Å². The Balaban J connectivity index is 0.00000225. The zero-order valence-corrected chi connectivity index (χ0v) is 15.7. The van der Waals surface area contributed by atoms with Gasteiger partial charge in [0.15, 0.2) is 0 Å². The van der Waals surface area contributed by atoms with Crippen molar-refractivity contribution in [1.29, 1.82) is 0 Å². The van der Waals surface area contributed by atoms with Gasteiger partial charge in [0.1, 0.15) is 5.75 Å². The molecule has 1 saturated carbocycles. The van der Waals surface area contributed by atoms with Crippen molar-refractivity contribution in [2.75, 3.05) is 39.3 Å². The molecule has 0 radical (unpaired) electrons. The van der Waals surface area contributed by atoms with E-state index in [1.165, 1.54) is 12.8 Å². The van der Waals surface area contributed by atoms with Crippen LogP contribution in [0.1, 0.15) is 42.5 Å². The number of nitrogens with one attached hydrogen (secondary N) is 2. The van der Waals surface area contributed by atoms with Gasteiger partial charge in [0.25, 0.3) is 5.91 Å². The molecule has 25 heavy (non-hydrogen) atoms. The Kier molecular flexibility index (Phi) is 8.52. The highest BCUT2D eigenvalue weighted by atomic mass is 35.5. The van der Waals surface area contributed by atoms with E-state index in [1.54, 1.807) is 0 Å². The van der Waals surface area contributed by atoms with Gasteiger partial charge < -0.3 is 20.3 Å². The van der Waals surface area contributed by atoms with Gasteiger partial charge in [-0.05, 0) is 56.8 Å². The van der Waals surface area contributed by atoms with Crippen molar-refractivity contribution in [2.45, 2.75) is 38.2 Å². The van der Waals surface area contributed by atoms with Crippen molar-refractivity contribution in [3.8, 4) is 5.75 Å². The quantitative estimate of drug-likeness (QED) is 0.727. The minimum atomic E-state index is -0.00724. The van der Waals surface area contributed by atoms with Crippen molar-refractivity contribution in [1.82, 2.24) is 15.5 Å². The second-order valence-corrected chi connectivity index (χ2v) is 6.75. The number of hydrogen-bond donors (Lipinski definition) is 2. The third-order valence-corrected chi connectivity index (χ3v) is 4.85. The van der Waals surface area contributed by atoms with Gasteiger partial charge in [-0.15, -0.1) is 12.4 Å². The predicted octanol–water partition coefficient (Wildman–Crippen LogP) is 2.45. The van der Waals surface area contributed by atoms with Gasteiger partial charge in [-0.25, -0.2) is 0 Å². The molecule has 0 unspecified atom stereocenters. The lowest BCUT2D eigenvalue weighted by Gasteiger charge is -2.27. The molecule has 1 heterocycles. The number of benzene rings is 1. The number of piperazine rings is 1. The first kappa shape index (κ1) is 20.0. The summed E-state index contributed by atoms with van der Waals surface area (Å²) < 4.78 is 5.98. The zero-order valence-electron chi connectivity index (χ0n) is 14.8. The largest absolute Gasteiger partial charge is 0.490 e. The maximum absolute atomic E-state index is 12.3. The van der Waals surface area contributed by atoms with E-state index in [-0.39, 0.29) is 18.3 Å². The van der Waals surface area contributed by atoms with Crippen molar-refractivity contribution >= 4 is 18.3 Å². The second-order valence-electron chi connectivity index (χ2n) is 6.75. The van der Waals surface area contributed by atoms with Gasteiger partial charge in [0.2, 0.25) is 0 Å². The molecule has 1 aliphatic heterocycles. The van der Waals surface area contributed by atoms with Crippen LogP contribution >= 0.6 is 12.4 Å². The standard InChI is InChI=1S/C19H29N3O2.ClH/c23-19(21-9-4-12-22-13-10-20-11-14-22)16-5-3-8-18(15-16)24-17-6-1-2-7-17;/h3,5,8,15,17,20H,1-2,4,6-7,9-14H2,(H,21,23);1H. The SMILES string of the molecule is Cl.O=C(NCCCN1CCNCC1)c1cccc(OC2CCCC2)c1. The molecule has 140 valence electrons. The van der Waals surface area contributed by atoms with E-state index in [9.17, 15) is 4.79 Å². The van der Waals surface area contributed by atoms with Crippen molar-refractivity contribution in [2.24, 2.45) is 0 Å². The van der Waals surface area contributed by atoms with E-state index >= 15 is 0 Å². The third-order valence-electron chi connectivity index (χ3n) is 4.85. The van der Waals surface area contributed by atoms with Crippen LogP contribution in [0.3, 0.4) is 0 Å². The van der Waals surface area contributed by atoms with Crippen molar-refractivity contribution < 1.29 is 9.53 Å². The molecule has 2 N–H and O–H groups in total.